The van der Waals surface area contributed by atoms with Gasteiger partial charge in [0.15, 0.2) is 0 Å². The average Bonchev–Trinajstić information content (AvgIpc) is 2.36. The van der Waals surface area contributed by atoms with Crippen LogP contribution in [0.1, 0.15) is 5.56 Å². The number of hydrogen-bond donors (Lipinski definition) is 2. The van der Waals surface area contributed by atoms with Crippen LogP contribution >= 0.6 is 11.6 Å². The van der Waals surface area contributed by atoms with Crippen molar-refractivity contribution in [3.63, 3.8) is 0 Å². The summed E-state index contributed by atoms with van der Waals surface area (Å²) in [6.07, 6.45) is 0. The number of aryl methyl sites for hydroxylation is 1. The maximum absolute atomic E-state index is 13.6. The average molecular weight is 315 g/mol. The molecule has 0 aliphatic carbocycles. The molecule has 106 valence electrons. The van der Waals surface area contributed by atoms with Crippen LogP contribution in [0.15, 0.2) is 41.3 Å². The van der Waals surface area contributed by atoms with Crippen LogP contribution in [0.4, 0.5) is 15.8 Å². The minimum atomic E-state index is -3.92. The number of nitrogens with two attached hydrogens (primary N) is 1. The Morgan fingerprint density at radius 1 is 1.20 bits per heavy atom. The van der Waals surface area contributed by atoms with Gasteiger partial charge >= 0.3 is 0 Å². The highest BCUT2D eigenvalue weighted by molar-refractivity contribution is 7.92. The van der Waals surface area contributed by atoms with Gasteiger partial charge in [-0.1, -0.05) is 17.7 Å². The van der Waals surface area contributed by atoms with E-state index in [0.717, 1.165) is 5.56 Å². The molecule has 0 amide bonds. The predicted molar refractivity (Wildman–Crippen MR) is 77.8 cm³/mol. The van der Waals surface area contributed by atoms with Crippen molar-refractivity contribution >= 4 is 33.0 Å². The van der Waals surface area contributed by atoms with Crippen molar-refractivity contribution in [2.75, 3.05) is 10.5 Å². The highest BCUT2D eigenvalue weighted by atomic mass is 35.5. The number of nitrogen functional groups attached to an aromatic ring is 1. The fraction of sp³-hybridized carbons (Fsp3) is 0.0769. The highest BCUT2D eigenvalue weighted by Gasteiger charge is 2.17. The van der Waals surface area contributed by atoms with E-state index in [2.05, 4.69) is 4.72 Å². The van der Waals surface area contributed by atoms with Crippen molar-refractivity contribution in [1.29, 1.82) is 0 Å². The third kappa shape index (κ3) is 3.02. The molecule has 0 aliphatic heterocycles. The molecule has 0 saturated carbocycles. The minimum Gasteiger partial charge on any atom is -0.397 e. The van der Waals surface area contributed by atoms with Gasteiger partial charge < -0.3 is 5.73 Å². The quantitative estimate of drug-likeness (QED) is 0.855. The summed E-state index contributed by atoms with van der Waals surface area (Å²) in [6, 6.07) is 8.05. The highest BCUT2D eigenvalue weighted by Crippen LogP contribution is 2.25. The molecule has 0 aromatic heterocycles. The number of nitrogens with one attached hydrogen (secondary N) is 1. The number of hydrogen-bond acceptors (Lipinski definition) is 3. The molecule has 20 heavy (non-hydrogen) atoms. The van der Waals surface area contributed by atoms with E-state index in [1.54, 1.807) is 13.0 Å². The number of anilines is 2. The lowest BCUT2D eigenvalue weighted by atomic mass is 10.2. The first-order chi connectivity index (χ1) is 9.29. The Balaban J connectivity index is 2.40. The van der Waals surface area contributed by atoms with Gasteiger partial charge in [0.05, 0.1) is 21.3 Å². The van der Waals surface area contributed by atoms with Crippen molar-refractivity contribution in [3.8, 4) is 0 Å². The molecule has 0 bridgehead atoms. The second-order valence-corrected chi connectivity index (χ2v) is 6.36. The molecule has 0 radical (unpaired) electrons. The molecule has 0 heterocycles. The van der Waals surface area contributed by atoms with E-state index in [9.17, 15) is 12.8 Å². The van der Waals surface area contributed by atoms with Gasteiger partial charge in [-0.15, -0.1) is 0 Å². The Kier molecular flexibility index (Phi) is 3.87. The zero-order chi connectivity index (χ0) is 14.9. The number of halogens is 2. The summed E-state index contributed by atoms with van der Waals surface area (Å²) in [5.41, 5.74) is 6.33. The number of sulfonamides is 1. The monoisotopic (exact) mass is 314 g/mol. The normalized spacial score (nSPS) is 11.3. The van der Waals surface area contributed by atoms with Crippen molar-refractivity contribution < 1.29 is 12.8 Å². The van der Waals surface area contributed by atoms with E-state index in [4.69, 9.17) is 17.3 Å². The van der Waals surface area contributed by atoms with Crippen LogP contribution in [0.3, 0.4) is 0 Å². The molecule has 0 fully saturated rings. The summed E-state index contributed by atoms with van der Waals surface area (Å²) in [5, 5.41) is 0.255. The van der Waals surface area contributed by atoms with E-state index in [1.165, 1.54) is 30.3 Å². The summed E-state index contributed by atoms with van der Waals surface area (Å²) < 4.78 is 40.1. The first-order valence-electron chi connectivity index (χ1n) is 5.63. The maximum atomic E-state index is 13.6. The zero-order valence-corrected chi connectivity index (χ0v) is 12.1. The van der Waals surface area contributed by atoms with Gasteiger partial charge in [0.25, 0.3) is 10.0 Å². The lowest BCUT2D eigenvalue weighted by Crippen LogP contribution is -2.14. The minimum absolute atomic E-state index is 0.0830. The summed E-state index contributed by atoms with van der Waals surface area (Å²) in [7, 11) is -3.92. The summed E-state index contributed by atoms with van der Waals surface area (Å²) in [4.78, 5) is -0.0830. The van der Waals surface area contributed by atoms with Gasteiger partial charge in [-0.25, -0.2) is 12.8 Å². The van der Waals surface area contributed by atoms with E-state index >= 15 is 0 Å². The Bertz CT molecular complexity index is 763. The fourth-order valence-electron chi connectivity index (χ4n) is 1.61. The fourth-order valence-corrected chi connectivity index (χ4v) is 2.82. The second kappa shape index (κ2) is 5.30. The van der Waals surface area contributed by atoms with Crippen molar-refractivity contribution in [2.24, 2.45) is 0 Å². The molecule has 2 rings (SSSR count). The zero-order valence-electron chi connectivity index (χ0n) is 10.5. The van der Waals surface area contributed by atoms with Crippen LogP contribution in [0.2, 0.25) is 5.02 Å². The van der Waals surface area contributed by atoms with E-state index in [0.29, 0.717) is 0 Å². The van der Waals surface area contributed by atoms with E-state index < -0.39 is 15.8 Å². The molecule has 0 atom stereocenters. The third-order valence-corrected chi connectivity index (χ3v) is 4.35. The number of benzene rings is 2. The Hall–Kier alpha value is -1.79. The van der Waals surface area contributed by atoms with Crippen LogP contribution in [0, 0.1) is 12.7 Å². The van der Waals surface area contributed by atoms with Gasteiger partial charge in [-0.05, 0) is 42.8 Å². The summed E-state index contributed by atoms with van der Waals surface area (Å²) in [6.45, 7) is 1.73. The van der Waals surface area contributed by atoms with Crippen LogP contribution in [0.5, 0.6) is 0 Å². The molecule has 3 N–H and O–H groups in total. The Morgan fingerprint density at radius 3 is 2.55 bits per heavy atom. The van der Waals surface area contributed by atoms with Crippen molar-refractivity contribution in [1.82, 2.24) is 0 Å². The van der Waals surface area contributed by atoms with Crippen molar-refractivity contribution in [2.45, 2.75) is 11.8 Å². The molecule has 7 heteroatoms. The smallest absolute Gasteiger partial charge is 0.262 e. The summed E-state index contributed by atoms with van der Waals surface area (Å²) >= 11 is 5.74. The molecule has 0 spiro atoms. The molecule has 0 saturated heterocycles. The first kappa shape index (κ1) is 14.6. The maximum Gasteiger partial charge on any atom is 0.262 e. The molecule has 0 aliphatic rings. The largest absolute Gasteiger partial charge is 0.397 e. The van der Waals surface area contributed by atoms with Gasteiger partial charge in [-0.3, -0.25) is 4.72 Å². The van der Waals surface area contributed by atoms with Gasteiger partial charge in [0, 0.05) is 0 Å². The van der Waals surface area contributed by atoms with Gasteiger partial charge in [0.2, 0.25) is 0 Å². The van der Waals surface area contributed by atoms with Crippen LogP contribution < -0.4 is 10.5 Å². The van der Waals surface area contributed by atoms with Crippen LogP contribution in [-0.4, -0.2) is 8.42 Å². The molecular formula is C13H12ClFN2O2S. The summed E-state index contributed by atoms with van der Waals surface area (Å²) in [5.74, 6) is -0.652. The standard InChI is InChI=1S/C13H12ClFN2O2S/c1-8-2-5-11(15)13(6-8)17-20(18,19)9-3-4-10(14)12(16)7-9/h2-7,17H,16H2,1H3. The molecular weight excluding hydrogens is 303 g/mol. The van der Waals surface area contributed by atoms with Gasteiger partial charge in [-0.2, -0.15) is 0 Å². The second-order valence-electron chi connectivity index (χ2n) is 4.27. The SMILES string of the molecule is Cc1ccc(F)c(NS(=O)(=O)c2ccc(Cl)c(N)c2)c1. The molecule has 2 aromatic rings. The van der Waals surface area contributed by atoms with Crippen LogP contribution in [-0.2, 0) is 10.0 Å². The number of rotatable bonds is 3. The molecule has 0 unspecified atom stereocenters. The topological polar surface area (TPSA) is 72.2 Å². The van der Waals surface area contributed by atoms with Crippen molar-refractivity contribution in [3.05, 3.63) is 52.8 Å². The molecule has 4 nitrogen and oxygen atoms in total. The Morgan fingerprint density at radius 2 is 1.90 bits per heavy atom. The van der Waals surface area contributed by atoms with Crippen LogP contribution in [0.25, 0.3) is 0 Å². The third-order valence-electron chi connectivity index (χ3n) is 2.64. The predicted octanol–water partition coefficient (Wildman–Crippen LogP) is 3.17. The lowest BCUT2D eigenvalue weighted by molar-refractivity contribution is 0.598. The molecule has 2 aromatic carbocycles. The lowest BCUT2D eigenvalue weighted by Gasteiger charge is -2.10. The van der Waals surface area contributed by atoms with E-state index in [1.807, 2.05) is 0 Å². The Labute approximate surface area is 121 Å². The van der Waals surface area contributed by atoms with E-state index in [-0.39, 0.29) is 21.3 Å². The van der Waals surface area contributed by atoms with Gasteiger partial charge in [0.1, 0.15) is 5.82 Å². The first-order valence-corrected chi connectivity index (χ1v) is 7.50.